The summed E-state index contributed by atoms with van der Waals surface area (Å²) in [6.07, 6.45) is 1.66. The lowest BCUT2D eigenvalue weighted by Crippen LogP contribution is -2.50. The van der Waals surface area contributed by atoms with Gasteiger partial charge < -0.3 is 4.90 Å². The molecule has 1 aliphatic rings. The van der Waals surface area contributed by atoms with Crippen molar-refractivity contribution in [3.63, 3.8) is 0 Å². The first kappa shape index (κ1) is 17.6. The van der Waals surface area contributed by atoms with Crippen molar-refractivity contribution in [3.05, 3.63) is 0 Å². The van der Waals surface area contributed by atoms with E-state index in [1.165, 1.54) is 4.90 Å². The molecule has 1 saturated heterocycles. The van der Waals surface area contributed by atoms with E-state index in [2.05, 4.69) is 5.32 Å². The first-order chi connectivity index (χ1) is 9.87. The van der Waals surface area contributed by atoms with E-state index in [9.17, 15) is 14.4 Å². The van der Waals surface area contributed by atoms with Crippen LogP contribution < -0.4 is 5.32 Å². The van der Waals surface area contributed by atoms with Gasteiger partial charge in [-0.1, -0.05) is 13.8 Å². The molecule has 2 atom stereocenters. The van der Waals surface area contributed by atoms with Crippen LogP contribution in [-0.4, -0.2) is 59.2 Å². The quantitative estimate of drug-likeness (QED) is 0.704. The monoisotopic (exact) mass is 297 g/mol. The normalized spacial score (nSPS) is 20.3. The molecule has 1 fully saturated rings. The van der Waals surface area contributed by atoms with Gasteiger partial charge in [-0.15, -0.1) is 0 Å². The fourth-order valence-electron chi connectivity index (χ4n) is 2.68. The van der Waals surface area contributed by atoms with E-state index in [4.69, 9.17) is 0 Å². The van der Waals surface area contributed by atoms with Crippen LogP contribution in [0.4, 0.5) is 0 Å². The SMILES string of the molecule is CCC(CC)N1C(=O)CC(NC(C)C(=O)N(C)CC)C1=O. The smallest absolute Gasteiger partial charge is 0.247 e. The van der Waals surface area contributed by atoms with Crippen LogP contribution in [-0.2, 0) is 14.4 Å². The predicted molar refractivity (Wildman–Crippen MR) is 80.5 cm³/mol. The van der Waals surface area contributed by atoms with E-state index in [0.717, 1.165) is 12.8 Å². The molecule has 6 heteroatoms. The third kappa shape index (κ3) is 3.81. The van der Waals surface area contributed by atoms with Crippen molar-refractivity contribution < 1.29 is 14.4 Å². The average Bonchev–Trinajstić information content (AvgIpc) is 2.74. The van der Waals surface area contributed by atoms with Crippen molar-refractivity contribution in [2.75, 3.05) is 13.6 Å². The highest BCUT2D eigenvalue weighted by Gasteiger charge is 2.42. The van der Waals surface area contributed by atoms with E-state index in [1.54, 1.807) is 18.9 Å². The Hall–Kier alpha value is -1.43. The highest BCUT2D eigenvalue weighted by molar-refractivity contribution is 6.06. The maximum atomic E-state index is 12.4. The lowest BCUT2D eigenvalue weighted by Gasteiger charge is -2.25. The van der Waals surface area contributed by atoms with Gasteiger partial charge in [0.1, 0.15) is 0 Å². The summed E-state index contributed by atoms with van der Waals surface area (Å²) in [4.78, 5) is 39.5. The summed E-state index contributed by atoms with van der Waals surface area (Å²) in [5.41, 5.74) is 0. The Bertz CT molecular complexity index is 407. The van der Waals surface area contributed by atoms with Crippen LogP contribution in [0.5, 0.6) is 0 Å². The standard InChI is InChI=1S/C15H27N3O3/c1-6-11(7-2)18-13(19)9-12(15(18)21)16-10(4)14(20)17(5)8-3/h10-12,16H,6-9H2,1-5H3. The third-order valence-electron chi connectivity index (χ3n) is 4.16. The second-order valence-corrected chi connectivity index (χ2v) is 5.57. The minimum atomic E-state index is -0.581. The van der Waals surface area contributed by atoms with Gasteiger partial charge in [-0.25, -0.2) is 0 Å². The van der Waals surface area contributed by atoms with Gasteiger partial charge >= 0.3 is 0 Å². The van der Waals surface area contributed by atoms with E-state index >= 15 is 0 Å². The Labute approximate surface area is 126 Å². The highest BCUT2D eigenvalue weighted by Crippen LogP contribution is 2.20. The van der Waals surface area contributed by atoms with Crippen LogP contribution >= 0.6 is 0 Å². The molecule has 0 bridgehead atoms. The van der Waals surface area contributed by atoms with Crippen molar-refractivity contribution in [3.8, 4) is 0 Å². The van der Waals surface area contributed by atoms with E-state index < -0.39 is 12.1 Å². The molecule has 0 aromatic carbocycles. The van der Waals surface area contributed by atoms with E-state index in [0.29, 0.717) is 6.54 Å². The van der Waals surface area contributed by atoms with E-state index in [1.807, 2.05) is 20.8 Å². The molecule has 21 heavy (non-hydrogen) atoms. The van der Waals surface area contributed by atoms with Gasteiger partial charge in [0.25, 0.3) is 0 Å². The molecule has 0 aromatic rings. The largest absolute Gasteiger partial charge is 0.345 e. The van der Waals surface area contributed by atoms with Gasteiger partial charge in [0.15, 0.2) is 0 Å². The van der Waals surface area contributed by atoms with Gasteiger partial charge in [0.05, 0.1) is 18.5 Å². The number of imide groups is 1. The number of carbonyl (C=O) groups is 3. The second kappa shape index (κ2) is 7.54. The molecule has 6 nitrogen and oxygen atoms in total. The molecule has 1 aliphatic heterocycles. The number of hydrogen-bond acceptors (Lipinski definition) is 4. The predicted octanol–water partition coefficient (Wildman–Crippen LogP) is 0.759. The van der Waals surface area contributed by atoms with Crippen LogP contribution in [0.3, 0.4) is 0 Å². The van der Waals surface area contributed by atoms with Gasteiger partial charge in [-0.2, -0.15) is 0 Å². The second-order valence-electron chi connectivity index (χ2n) is 5.57. The van der Waals surface area contributed by atoms with Crippen LogP contribution in [0.25, 0.3) is 0 Å². The zero-order valence-corrected chi connectivity index (χ0v) is 13.7. The molecular formula is C15H27N3O3. The Morgan fingerprint density at radius 1 is 1.33 bits per heavy atom. The zero-order valence-electron chi connectivity index (χ0n) is 13.7. The number of hydrogen-bond donors (Lipinski definition) is 1. The molecule has 0 aromatic heterocycles. The molecule has 0 spiro atoms. The maximum Gasteiger partial charge on any atom is 0.247 e. The number of amides is 3. The summed E-state index contributed by atoms with van der Waals surface area (Å²) in [5.74, 6) is -0.416. The molecule has 0 aliphatic carbocycles. The Balaban J connectivity index is 2.72. The average molecular weight is 297 g/mol. The number of carbonyl (C=O) groups excluding carboxylic acids is 3. The molecular weight excluding hydrogens is 270 g/mol. The van der Waals surface area contributed by atoms with Gasteiger partial charge in [0, 0.05) is 19.6 Å². The van der Waals surface area contributed by atoms with E-state index in [-0.39, 0.29) is 30.2 Å². The number of nitrogens with one attached hydrogen (secondary N) is 1. The number of rotatable bonds is 7. The van der Waals surface area contributed by atoms with Crippen molar-refractivity contribution in [2.24, 2.45) is 0 Å². The van der Waals surface area contributed by atoms with Crippen LogP contribution in [0.1, 0.15) is 47.0 Å². The summed E-state index contributed by atoms with van der Waals surface area (Å²) in [7, 11) is 1.72. The summed E-state index contributed by atoms with van der Waals surface area (Å²) >= 11 is 0. The summed E-state index contributed by atoms with van der Waals surface area (Å²) in [6.45, 7) is 8.17. The van der Waals surface area contributed by atoms with Crippen LogP contribution in [0.2, 0.25) is 0 Å². The molecule has 3 amide bonds. The van der Waals surface area contributed by atoms with Gasteiger partial charge in [-0.05, 0) is 26.7 Å². The Morgan fingerprint density at radius 2 is 1.90 bits per heavy atom. The molecule has 1 N–H and O–H groups in total. The summed E-state index contributed by atoms with van der Waals surface area (Å²) in [5, 5.41) is 3.00. The molecule has 0 saturated carbocycles. The number of nitrogens with zero attached hydrogens (tertiary/aromatic N) is 2. The van der Waals surface area contributed by atoms with Crippen molar-refractivity contribution in [2.45, 2.75) is 65.1 Å². The fourth-order valence-corrected chi connectivity index (χ4v) is 2.68. The minimum absolute atomic E-state index is 0.0406. The van der Waals surface area contributed by atoms with Gasteiger partial charge in [0.2, 0.25) is 17.7 Å². The molecule has 120 valence electrons. The Kier molecular flexibility index (Phi) is 6.33. The molecule has 1 rings (SSSR count). The van der Waals surface area contributed by atoms with Crippen molar-refractivity contribution in [1.82, 2.24) is 15.1 Å². The maximum absolute atomic E-state index is 12.4. The van der Waals surface area contributed by atoms with Crippen molar-refractivity contribution in [1.29, 1.82) is 0 Å². The lowest BCUT2D eigenvalue weighted by atomic mass is 10.1. The first-order valence-corrected chi connectivity index (χ1v) is 7.74. The lowest BCUT2D eigenvalue weighted by molar-refractivity contribution is -0.141. The topological polar surface area (TPSA) is 69.7 Å². The van der Waals surface area contributed by atoms with Crippen molar-refractivity contribution >= 4 is 17.7 Å². The van der Waals surface area contributed by atoms with Gasteiger partial charge in [-0.3, -0.25) is 24.6 Å². The van der Waals surface area contributed by atoms with Crippen LogP contribution in [0.15, 0.2) is 0 Å². The Morgan fingerprint density at radius 3 is 2.38 bits per heavy atom. The molecule has 0 radical (unpaired) electrons. The summed E-state index contributed by atoms with van der Waals surface area (Å²) in [6, 6.07) is -1.10. The molecule has 2 unspecified atom stereocenters. The van der Waals surface area contributed by atoms with Crippen LogP contribution in [0, 0.1) is 0 Å². The minimum Gasteiger partial charge on any atom is -0.345 e. The zero-order chi connectivity index (χ0) is 16.2. The third-order valence-corrected chi connectivity index (χ3v) is 4.16. The number of likely N-dealkylation sites (tertiary alicyclic amines) is 1. The first-order valence-electron chi connectivity index (χ1n) is 7.74. The fraction of sp³-hybridized carbons (Fsp3) is 0.800. The highest BCUT2D eigenvalue weighted by atomic mass is 16.2. The summed E-state index contributed by atoms with van der Waals surface area (Å²) < 4.78 is 0. The molecule has 1 heterocycles. The number of likely N-dealkylation sites (N-methyl/N-ethyl adjacent to an activating group) is 1.